The Morgan fingerprint density at radius 3 is 2.11 bits per heavy atom. The van der Waals surface area contributed by atoms with Crippen LogP contribution in [0.3, 0.4) is 0 Å². The molecular weight excluding hydrogens is 463 g/mol. The lowest BCUT2D eigenvalue weighted by atomic mass is 10.0. The molecule has 6 nitrogen and oxygen atoms in total. The van der Waals surface area contributed by atoms with Crippen LogP contribution in [-0.2, 0) is 33.5 Å². The van der Waals surface area contributed by atoms with Gasteiger partial charge in [0, 0.05) is 6.42 Å². The van der Waals surface area contributed by atoms with Crippen molar-refractivity contribution in [2.24, 2.45) is 0 Å². The van der Waals surface area contributed by atoms with Crippen molar-refractivity contribution >= 4 is 11.9 Å². The summed E-state index contributed by atoms with van der Waals surface area (Å²) in [5.41, 5.74) is 0.755. The van der Waals surface area contributed by atoms with Crippen molar-refractivity contribution in [3.63, 3.8) is 0 Å². The first-order chi connectivity index (χ1) is 16.7. The number of nitrogens with one attached hydrogen (secondary N) is 1. The Kier molecular flexibility index (Phi) is 8.48. The smallest absolute Gasteiger partial charge is 0.416 e. The molecule has 0 spiro atoms. The Balaban J connectivity index is 1.62. The molecule has 184 valence electrons. The largest absolute Gasteiger partial charge is 0.489 e. The van der Waals surface area contributed by atoms with E-state index in [2.05, 4.69) is 5.32 Å². The molecule has 0 bridgehead atoms. The van der Waals surface area contributed by atoms with Gasteiger partial charge in [-0.15, -0.1) is 0 Å². The van der Waals surface area contributed by atoms with Gasteiger partial charge in [-0.05, 0) is 41.0 Å². The maximum atomic E-state index is 12.7. The number of methoxy groups -OCH3 is 1. The second kappa shape index (κ2) is 11.5. The fraction of sp³-hybridized carbons (Fsp3) is 0.231. The molecule has 9 heteroatoms. The van der Waals surface area contributed by atoms with Crippen molar-refractivity contribution in [2.45, 2.75) is 31.3 Å². The molecule has 0 aliphatic carbocycles. The van der Waals surface area contributed by atoms with Gasteiger partial charge in [0.15, 0.2) is 6.10 Å². The lowest BCUT2D eigenvalue weighted by Gasteiger charge is -2.19. The van der Waals surface area contributed by atoms with E-state index in [4.69, 9.17) is 9.47 Å². The number of carbonyl (C=O) groups is 2. The van der Waals surface area contributed by atoms with Gasteiger partial charge >= 0.3 is 12.1 Å². The van der Waals surface area contributed by atoms with Gasteiger partial charge in [-0.1, -0.05) is 54.6 Å². The van der Waals surface area contributed by atoms with Crippen molar-refractivity contribution < 1.29 is 37.3 Å². The van der Waals surface area contributed by atoms with E-state index in [1.165, 1.54) is 0 Å². The molecule has 2 N–H and O–H groups in total. The van der Waals surface area contributed by atoms with Crippen molar-refractivity contribution in [2.75, 3.05) is 7.11 Å². The van der Waals surface area contributed by atoms with Crippen molar-refractivity contribution in [1.29, 1.82) is 0 Å². The quantitative estimate of drug-likeness (QED) is 0.442. The Morgan fingerprint density at radius 2 is 1.54 bits per heavy atom. The van der Waals surface area contributed by atoms with Crippen LogP contribution in [0.5, 0.6) is 5.75 Å². The summed E-state index contributed by atoms with van der Waals surface area (Å²) < 4.78 is 48.7. The van der Waals surface area contributed by atoms with Gasteiger partial charge in [0.25, 0.3) is 5.91 Å². The second-order valence-electron chi connectivity index (χ2n) is 7.73. The van der Waals surface area contributed by atoms with E-state index in [1.54, 1.807) is 24.3 Å². The number of ether oxygens (including phenoxy) is 2. The zero-order valence-corrected chi connectivity index (χ0v) is 18.8. The molecule has 0 unspecified atom stereocenters. The normalized spacial score (nSPS) is 12.9. The van der Waals surface area contributed by atoms with Crippen molar-refractivity contribution in [1.82, 2.24) is 5.32 Å². The molecule has 0 aliphatic heterocycles. The van der Waals surface area contributed by atoms with Crippen LogP contribution in [0.4, 0.5) is 13.2 Å². The van der Waals surface area contributed by atoms with Gasteiger partial charge in [-0.25, -0.2) is 4.79 Å². The molecule has 1 amide bonds. The van der Waals surface area contributed by atoms with Crippen LogP contribution in [0.15, 0.2) is 78.9 Å². The highest BCUT2D eigenvalue weighted by molar-refractivity contribution is 5.87. The number of hydrogen-bond acceptors (Lipinski definition) is 5. The molecule has 0 aromatic heterocycles. The third kappa shape index (κ3) is 7.31. The van der Waals surface area contributed by atoms with Crippen LogP contribution in [0, 0.1) is 0 Å². The van der Waals surface area contributed by atoms with Gasteiger partial charge in [-0.3, -0.25) is 4.79 Å². The highest BCUT2D eigenvalue weighted by atomic mass is 19.4. The van der Waals surface area contributed by atoms with E-state index in [1.807, 2.05) is 30.3 Å². The maximum Gasteiger partial charge on any atom is 0.416 e. The van der Waals surface area contributed by atoms with E-state index in [9.17, 15) is 27.9 Å². The number of carbonyl (C=O) groups excluding carboxylic acids is 2. The number of benzene rings is 3. The molecule has 0 saturated heterocycles. The summed E-state index contributed by atoms with van der Waals surface area (Å²) in [6.07, 6.45) is -6.24. The summed E-state index contributed by atoms with van der Waals surface area (Å²) in [4.78, 5) is 24.7. The molecule has 0 saturated carbocycles. The van der Waals surface area contributed by atoms with Crippen molar-refractivity contribution in [3.8, 4) is 5.75 Å². The zero-order chi connectivity index (χ0) is 25.4. The zero-order valence-electron chi connectivity index (χ0n) is 18.8. The third-order valence-corrected chi connectivity index (χ3v) is 5.22. The Bertz CT molecular complexity index is 1120. The Hall–Kier alpha value is -3.85. The van der Waals surface area contributed by atoms with E-state index < -0.39 is 35.8 Å². The van der Waals surface area contributed by atoms with Crippen molar-refractivity contribution in [3.05, 3.63) is 101 Å². The minimum absolute atomic E-state index is 0.0426. The fourth-order valence-corrected chi connectivity index (χ4v) is 3.29. The van der Waals surface area contributed by atoms with Crippen LogP contribution in [0.1, 0.15) is 28.4 Å². The summed E-state index contributed by atoms with van der Waals surface area (Å²) in [5.74, 6) is -1.06. The summed E-state index contributed by atoms with van der Waals surface area (Å²) >= 11 is 0. The minimum Gasteiger partial charge on any atom is -0.489 e. The van der Waals surface area contributed by atoms with Gasteiger partial charge in [0.1, 0.15) is 18.4 Å². The number of hydrogen-bond donors (Lipinski definition) is 2. The first kappa shape index (κ1) is 25.8. The SMILES string of the molecule is COC(=O)[C@H](Cc1ccc(OCc2ccccc2)cc1)NC(=O)[C@@H](O)c1ccc(C(F)(F)F)cc1. The van der Waals surface area contributed by atoms with E-state index in [-0.39, 0.29) is 12.0 Å². The topological polar surface area (TPSA) is 84.9 Å². The highest BCUT2D eigenvalue weighted by Gasteiger charge is 2.31. The van der Waals surface area contributed by atoms with E-state index in [0.717, 1.165) is 36.9 Å². The molecule has 35 heavy (non-hydrogen) atoms. The molecule has 3 aromatic rings. The number of amides is 1. The first-order valence-corrected chi connectivity index (χ1v) is 10.7. The Morgan fingerprint density at radius 1 is 0.914 bits per heavy atom. The average Bonchev–Trinajstić information content (AvgIpc) is 2.87. The molecular formula is C26H24F3NO5. The fourth-order valence-electron chi connectivity index (χ4n) is 3.29. The summed E-state index contributed by atoms with van der Waals surface area (Å²) in [5, 5.41) is 12.7. The average molecular weight is 487 g/mol. The number of rotatable bonds is 9. The highest BCUT2D eigenvalue weighted by Crippen LogP contribution is 2.30. The predicted octanol–water partition coefficient (Wildman–Crippen LogP) is 4.22. The molecule has 0 aliphatic rings. The lowest BCUT2D eigenvalue weighted by Crippen LogP contribution is -2.45. The summed E-state index contributed by atoms with van der Waals surface area (Å²) in [7, 11) is 1.16. The second-order valence-corrected chi connectivity index (χ2v) is 7.73. The Labute approximate surface area is 200 Å². The van der Waals surface area contributed by atoms with E-state index in [0.29, 0.717) is 17.9 Å². The monoisotopic (exact) mass is 487 g/mol. The van der Waals surface area contributed by atoms with Crippen LogP contribution in [0.25, 0.3) is 0 Å². The van der Waals surface area contributed by atoms with Crippen LogP contribution >= 0.6 is 0 Å². The number of alkyl halides is 3. The van der Waals surface area contributed by atoms with Crippen LogP contribution < -0.4 is 10.1 Å². The van der Waals surface area contributed by atoms with Crippen LogP contribution in [0.2, 0.25) is 0 Å². The minimum atomic E-state index is -4.54. The number of esters is 1. The summed E-state index contributed by atoms with van der Waals surface area (Å²) in [6.45, 7) is 0.392. The van der Waals surface area contributed by atoms with Gasteiger partial charge in [-0.2, -0.15) is 13.2 Å². The molecule has 2 atom stereocenters. The standard InChI is InChI=1S/C26H24F3NO5/c1-34-25(33)22(30-24(32)23(31)19-9-11-20(12-10-19)26(27,28)29)15-17-7-13-21(14-8-17)35-16-18-5-3-2-4-6-18/h2-14,22-23,31H,15-16H2,1H3,(H,30,32)/t22-,23-/m0/s1. The molecule has 3 aromatic carbocycles. The molecule has 0 heterocycles. The van der Waals surface area contributed by atoms with Gasteiger partial charge < -0.3 is 19.9 Å². The van der Waals surface area contributed by atoms with E-state index >= 15 is 0 Å². The first-order valence-electron chi connectivity index (χ1n) is 10.7. The predicted molar refractivity (Wildman–Crippen MR) is 121 cm³/mol. The van der Waals surface area contributed by atoms with Crippen LogP contribution in [-0.4, -0.2) is 30.1 Å². The summed E-state index contributed by atoms with van der Waals surface area (Å²) in [6, 6.07) is 19.0. The molecule has 0 fully saturated rings. The number of aliphatic hydroxyl groups excluding tert-OH is 1. The van der Waals surface area contributed by atoms with Gasteiger partial charge in [0.05, 0.1) is 12.7 Å². The number of aliphatic hydroxyl groups is 1. The molecule has 0 radical (unpaired) electrons. The lowest BCUT2D eigenvalue weighted by molar-refractivity contribution is -0.146. The third-order valence-electron chi connectivity index (χ3n) is 5.22. The maximum absolute atomic E-state index is 12.7. The molecule has 3 rings (SSSR count). The van der Waals surface area contributed by atoms with Gasteiger partial charge in [0.2, 0.25) is 0 Å². The number of halogens is 3.